The zero-order valence-corrected chi connectivity index (χ0v) is 19.4. The predicted octanol–water partition coefficient (Wildman–Crippen LogP) is 3.02. The van der Waals surface area contributed by atoms with Crippen LogP contribution >= 0.6 is 11.8 Å². The summed E-state index contributed by atoms with van der Waals surface area (Å²) in [5.41, 5.74) is 6.12. The van der Waals surface area contributed by atoms with E-state index in [1.54, 1.807) is 18.0 Å². The number of nitrogens with two attached hydrogens (primary N) is 1. The highest BCUT2D eigenvalue weighted by atomic mass is 32.2. The molecular weight excluding hydrogens is 414 g/mol. The molecule has 0 aliphatic carbocycles. The van der Waals surface area contributed by atoms with Crippen molar-refractivity contribution in [1.29, 1.82) is 0 Å². The molecule has 0 saturated carbocycles. The van der Waals surface area contributed by atoms with Gasteiger partial charge in [0.05, 0.1) is 5.69 Å². The molecule has 0 saturated heterocycles. The van der Waals surface area contributed by atoms with E-state index in [-0.39, 0.29) is 23.8 Å². The zero-order chi connectivity index (χ0) is 22.8. The summed E-state index contributed by atoms with van der Waals surface area (Å²) < 4.78 is 1.35. The molecule has 2 aromatic heterocycles. The Hall–Kier alpha value is -2.55. The summed E-state index contributed by atoms with van der Waals surface area (Å²) in [5.74, 6) is 1.54. The number of nitrogens with zero attached hydrogens (tertiary/aromatic N) is 3. The van der Waals surface area contributed by atoms with E-state index >= 15 is 0 Å². The number of aromatic amines is 1. The molecule has 0 radical (unpaired) electrons. The van der Waals surface area contributed by atoms with E-state index in [1.807, 2.05) is 25.1 Å². The minimum absolute atomic E-state index is 0.0560. The molecule has 31 heavy (non-hydrogen) atoms. The highest BCUT2D eigenvalue weighted by Crippen LogP contribution is 2.21. The van der Waals surface area contributed by atoms with Crippen molar-refractivity contribution in [3.63, 3.8) is 0 Å². The number of pyridine rings is 1. The van der Waals surface area contributed by atoms with Crippen LogP contribution in [0.4, 0.5) is 11.5 Å². The van der Waals surface area contributed by atoms with E-state index in [4.69, 9.17) is 5.73 Å². The lowest BCUT2D eigenvalue weighted by Gasteiger charge is -2.25. The van der Waals surface area contributed by atoms with Gasteiger partial charge < -0.3 is 10.6 Å². The van der Waals surface area contributed by atoms with Crippen molar-refractivity contribution in [2.24, 2.45) is 5.92 Å². The molecule has 0 fully saturated rings. The molecule has 1 amide bonds. The van der Waals surface area contributed by atoms with Gasteiger partial charge in [-0.15, -0.1) is 0 Å². The Kier molecular flexibility index (Phi) is 9.84. The predicted molar refractivity (Wildman–Crippen MR) is 127 cm³/mol. The largest absolute Gasteiger partial charge is 0.383 e. The number of unbranched alkanes of at least 4 members (excludes halogenated alkanes) is 1. The number of aromatic nitrogens is 3. The van der Waals surface area contributed by atoms with E-state index in [9.17, 15) is 14.4 Å². The third-order valence-corrected chi connectivity index (χ3v) is 5.88. The van der Waals surface area contributed by atoms with Gasteiger partial charge in [-0.2, -0.15) is 11.8 Å². The van der Waals surface area contributed by atoms with Crippen LogP contribution in [0.2, 0.25) is 0 Å². The van der Waals surface area contributed by atoms with Crippen LogP contribution in [0.3, 0.4) is 0 Å². The Morgan fingerprint density at radius 2 is 2.10 bits per heavy atom. The van der Waals surface area contributed by atoms with Crippen molar-refractivity contribution in [2.75, 3.05) is 22.9 Å². The smallest absolute Gasteiger partial charge is 0.330 e. The standard InChI is InChI=1S/C22H33N5O3S/c1-4-5-12-27-20(23)19(21(29)25-22(27)30)26(13-9-16(2)3)18(28)10-14-31-15-17-8-6-7-11-24-17/h6-8,11,16H,4-5,9-10,12-15,23H2,1-3H3,(H,25,29,30). The van der Waals surface area contributed by atoms with Crippen molar-refractivity contribution in [2.45, 2.75) is 58.8 Å². The number of carbonyl (C=O) groups excluding carboxylic acids is 1. The van der Waals surface area contributed by atoms with Gasteiger partial charge in [-0.25, -0.2) is 4.79 Å². The summed E-state index contributed by atoms with van der Waals surface area (Å²) in [7, 11) is 0. The van der Waals surface area contributed by atoms with Gasteiger partial charge in [-0.3, -0.25) is 24.1 Å². The first-order valence-electron chi connectivity index (χ1n) is 10.8. The molecule has 9 heteroatoms. The van der Waals surface area contributed by atoms with E-state index in [0.29, 0.717) is 30.5 Å². The highest BCUT2D eigenvalue weighted by Gasteiger charge is 2.24. The fourth-order valence-electron chi connectivity index (χ4n) is 3.08. The number of hydrogen-bond acceptors (Lipinski definition) is 6. The van der Waals surface area contributed by atoms with Crippen LogP contribution in [0.25, 0.3) is 0 Å². The average molecular weight is 448 g/mol. The molecule has 2 aromatic rings. The lowest BCUT2D eigenvalue weighted by Crippen LogP contribution is -2.42. The van der Waals surface area contributed by atoms with Crippen LogP contribution in [-0.2, 0) is 17.1 Å². The van der Waals surface area contributed by atoms with Crippen LogP contribution in [0, 0.1) is 5.92 Å². The number of nitrogen functional groups attached to an aromatic ring is 1. The summed E-state index contributed by atoms with van der Waals surface area (Å²) in [6.45, 7) is 6.90. The van der Waals surface area contributed by atoms with Gasteiger partial charge >= 0.3 is 5.69 Å². The van der Waals surface area contributed by atoms with E-state index in [2.05, 4.69) is 23.8 Å². The minimum Gasteiger partial charge on any atom is -0.383 e. The van der Waals surface area contributed by atoms with Crippen LogP contribution in [0.15, 0.2) is 34.0 Å². The van der Waals surface area contributed by atoms with Gasteiger partial charge in [-0.05, 0) is 30.9 Å². The molecule has 0 spiro atoms. The lowest BCUT2D eigenvalue weighted by atomic mass is 10.1. The van der Waals surface area contributed by atoms with Crippen LogP contribution < -0.4 is 21.9 Å². The Bertz CT molecular complexity index is 956. The van der Waals surface area contributed by atoms with Gasteiger partial charge in [0.15, 0.2) is 5.69 Å². The number of H-pyrrole nitrogens is 1. The van der Waals surface area contributed by atoms with Crippen molar-refractivity contribution >= 4 is 29.2 Å². The van der Waals surface area contributed by atoms with Crippen molar-refractivity contribution in [3.05, 3.63) is 50.9 Å². The summed E-state index contributed by atoms with van der Waals surface area (Å²) in [4.78, 5) is 46.0. The number of nitrogens with one attached hydrogen (secondary N) is 1. The summed E-state index contributed by atoms with van der Waals surface area (Å²) >= 11 is 1.61. The highest BCUT2D eigenvalue weighted by molar-refractivity contribution is 7.98. The molecular formula is C22H33N5O3S. The van der Waals surface area contributed by atoms with Gasteiger partial charge in [0, 0.05) is 37.2 Å². The molecule has 170 valence electrons. The monoisotopic (exact) mass is 447 g/mol. The molecule has 0 aliphatic heterocycles. The van der Waals surface area contributed by atoms with Gasteiger partial charge in [0.1, 0.15) is 5.82 Å². The topological polar surface area (TPSA) is 114 Å². The summed E-state index contributed by atoms with van der Waals surface area (Å²) in [5, 5.41) is 0. The van der Waals surface area contributed by atoms with E-state index in [1.165, 1.54) is 9.47 Å². The molecule has 8 nitrogen and oxygen atoms in total. The van der Waals surface area contributed by atoms with Gasteiger partial charge in [0.25, 0.3) is 5.56 Å². The maximum atomic E-state index is 13.1. The number of hydrogen-bond donors (Lipinski definition) is 2. The second kappa shape index (κ2) is 12.3. The summed E-state index contributed by atoms with van der Waals surface area (Å²) in [6.07, 6.45) is 4.36. The molecule has 3 N–H and O–H groups in total. The second-order valence-electron chi connectivity index (χ2n) is 7.85. The fraction of sp³-hybridized carbons (Fsp3) is 0.545. The molecule has 2 rings (SSSR count). The van der Waals surface area contributed by atoms with Gasteiger partial charge in [-0.1, -0.05) is 33.3 Å². The Morgan fingerprint density at radius 3 is 2.74 bits per heavy atom. The molecule has 0 atom stereocenters. The first kappa shape index (κ1) is 24.7. The fourth-order valence-corrected chi connectivity index (χ4v) is 3.92. The number of amides is 1. The molecule has 0 bridgehead atoms. The van der Waals surface area contributed by atoms with E-state index in [0.717, 1.165) is 25.0 Å². The van der Waals surface area contributed by atoms with Crippen LogP contribution in [0.1, 0.15) is 52.1 Å². The first-order chi connectivity index (χ1) is 14.8. The van der Waals surface area contributed by atoms with Crippen molar-refractivity contribution in [1.82, 2.24) is 14.5 Å². The van der Waals surface area contributed by atoms with Crippen molar-refractivity contribution in [3.8, 4) is 0 Å². The number of rotatable bonds is 12. The van der Waals surface area contributed by atoms with Crippen LogP contribution in [-0.4, -0.2) is 32.7 Å². The normalized spacial score (nSPS) is 11.1. The van der Waals surface area contributed by atoms with E-state index < -0.39 is 11.2 Å². The SMILES string of the molecule is CCCCn1c(N)c(N(CCC(C)C)C(=O)CCSCc2ccccn2)c(=O)[nH]c1=O. The van der Waals surface area contributed by atoms with Crippen molar-refractivity contribution < 1.29 is 4.79 Å². The molecule has 2 heterocycles. The number of carbonyl (C=O) groups is 1. The van der Waals surface area contributed by atoms with Gasteiger partial charge in [0.2, 0.25) is 5.91 Å². The minimum atomic E-state index is -0.617. The molecule has 0 unspecified atom stereocenters. The molecule has 0 aromatic carbocycles. The number of thioether (sulfide) groups is 1. The Morgan fingerprint density at radius 1 is 1.32 bits per heavy atom. The molecule has 0 aliphatic rings. The Labute approximate surface area is 187 Å². The third-order valence-electron chi connectivity index (χ3n) is 4.89. The summed E-state index contributed by atoms with van der Waals surface area (Å²) in [6, 6.07) is 5.75. The maximum Gasteiger partial charge on any atom is 0.330 e. The number of anilines is 2. The van der Waals surface area contributed by atoms with Crippen LogP contribution in [0.5, 0.6) is 0 Å². The maximum absolute atomic E-state index is 13.1. The second-order valence-corrected chi connectivity index (χ2v) is 8.96. The first-order valence-corrected chi connectivity index (χ1v) is 11.9. The zero-order valence-electron chi connectivity index (χ0n) is 18.6. The Balaban J connectivity index is 2.19. The quantitative estimate of drug-likeness (QED) is 0.484. The third kappa shape index (κ3) is 7.27. The average Bonchev–Trinajstić information content (AvgIpc) is 2.73. The lowest BCUT2D eigenvalue weighted by molar-refractivity contribution is -0.118.